The van der Waals surface area contributed by atoms with Crippen LogP contribution in [0.5, 0.6) is 0 Å². The number of nitrogen functional groups attached to an aromatic ring is 1. The number of alkyl carbamates (subject to hydrolysis) is 1. The topological polar surface area (TPSA) is 579 Å². The van der Waals surface area contributed by atoms with Crippen molar-refractivity contribution >= 4 is 99.0 Å². The molecule has 16 aromatic rings. The molecular formula is C92H96F4LiN27O16. The van der Waals surface area contributed by atoms with Gasteiger partial charge in [0, 0.05) is 85.4 Å². The summed E-state index contributed by atoms with van der Waals surface area (Å²) >= 11 is 0. The van der Waals surface area contributed by atoms with Gasteiger partial charge in [0.05, 0.1) is 86.9 Å². The van der Waals surface area contributed by atoms with Gasteiger partial charge in [-0.1, -0.05) is 55.5 Å². The quantitative estimate of drug-likeness (QED) is 0.0102. The molecule has 0 radical (unpaired) electrons. The molecule has 724 valence electrons. The van der Waals surface area contributed by atoms with Crippen molar-refractivity contribution in [3.63, 3.8) is 0 Å². The molecule has 0 spiro atoms. The van der Waals surface area contributed by atoms with Gasteiger partial charge in [-0.3, -0.25) is 33.6 Å². The molecule has 140 heavy (non-hydrogen) atoms. The van der Waals surface area contributed by atoms with Gasteiger partial charge < -0.3 is 73.1 Å². The number of fused-ring (bicyclic) bond motifs is 4. The first-order chi connectivity index (χ1) is 66.0. The number of aliphatic carboxylic acids is 1. The molecule has 4 amide bonds. The number of carboxylic acid groups (broad SMARTS) is 2. The number of hydrogen-bond donors (Lipinski definition) is 9. The van der Waals surface area contributed by atoms with Gasteiger partial charge in [-0.15, -0.1) is 20.4 Å². The second-order valence-corrected chi connectivity index (χ2v) is 31.1. The minimum absolute atomic E-state index is 0. The summed E-state index contributed by atoms with van der Waals surface area (Å²) in [7, 11) is 0. The number of aryl methyl sites for hydroxylation is 5. The molecule has 0 aliphatic heterocycles. The number of amides is 4. The van der Waals surface area contributed by atoms with E-state index in [1.807, 2.05) is 13.8 Å². The van der Waals surface area contributed by atoms with Gasteiger partial charge in [0.15, 0.2) is 46.1 Å². The zero-order chi connectivity index (χ0) is 99.5. The zero-order valence-corrected chi connectivity index (χ0v) is 77.8. The van der Waals surface area contributed by atoms with Crippen molar-refractivity contribution in [1.29, 1.82) is 0 Å². The van der Waals surface area contributed by atoms with Crippen LogP contribution in [0.3, 0.4) is 0 Å². The maximum absolute atomic E-state index is 15.0. The van der Waals surface area contributed by atoms with E-state index in [0.717, 1.165) is 10.4 Å². The number of rotatable bonds is 27. The average Bonchev–Trinajstić information content (AvgIpc) is 1.60. The van der Waals surface area contributed by atoms with Gasteiger partial charge in [0.2, 0.25) is 0 Å². The number of aromatic carboxylic acids is 1. The van der Waals surface area contributed by atoms with E-state index in [0.29, 0.717) is 86.3 Å². The Balaban J connectivity index is 0.000000184. The first kappa shape index (κ1) is 105. The van der Waals surface area contributed by atoms with Gasteiger partial charge in [0.1, 0.15) is 78.3 Å². The first-order valence-corrected chi connectivity index (χ1v) is 42.7. The minimum Gasteiger partial charge on any atom is -0.870 e. The number of carbonyl (C=O) groups is 9. The van der Waals surface area contributed by atoms with Crippen LogP contribution in [0.2, 0.25) is 0 Å². The molecule has 0 bridgehead atoms. The Labute approximate surface area is 805 Å². The number of anilines is 4. The number of ether oxygens (including phenoxy) is 4. The number of hydrogen-bond acceptors (Lipinski definition) is 29. The van der Waals surface area contributed by atoms with Gasteiger partial charge in [-0.2, -0.15) is 20.4 Å². The molecular weight excluding hydrogens is 1820 g/mol. The van der Waals surface area contributed by atoms with Crippen LogP contribution >= 0.6 is 0 Å². The third-order valence-electron chi connectivity index (χ3n) is 19.7. The Kier molecular flexibility index (Phi) is 35.4. The molecule has 48 heteroatoms. The largest absolute Gasteiger partial charge is 1.00 e. The molecule has 13 N–H and O–H groups in total. The molecule has 0 unspecified atom stereocenters. The van der Waals surface area contributed by atoms with E-state index < -0.39 is 83.1 Å². The molecule has 0 saturated heterocycles. The van der Waals surface area contributed by atoms with E-state index in [2.05, 4.69) is 82.0 Å². The normalized spacial score (nSPS) is 10.9. The van der Waals surface area contributed by atoms with Crippen LogP contribution in [-0.4, -0.2) is 192 Å². The number of carbonyl (C=O) groups excluding carboxylic acids is 7. The van der Waals surface area contributed by atoms with Crippen LogP contribution in [0, 0.1) is 51.0 Å². The summed E-state index contributed by atoms with van der Waals surface area (Å²) in [6.45, 7) is 19.3. The molecule has 16 rings (SSSR count). The second-order valence-electron chi connectivity index (χ2n) is 31.1. The molecule has 43 nitrogen and oxygen atoms in total. The van der Waals surface area contributed by atoms with Crippen molar-refractivity contribution < 1.29 is 114 Å². The fraction of sp³-hybridized carbons (Fsp3) is 0.250. The number of benzene rings is 4. The average molecular weight is 1920 g/mol. The molecule has 12 heterocycles. The first-order valence-electron chi connectivity index (χ1n) is 42.7. The standard InChI is InChI=1S/C23H23FN6O3.C22H22FN7O3.C20H18FN7O3.C19H19FN4O4.C8H13N3O2.Li.H2O/c1-4-15-8-6-9-16(20(15)24)22-26-21(17-10-7-11-29(17)28-22)23(32)25-18-12-14(3)27-30(18)13-19(31)33-5-2;1-3-33-18(31)12-30-17(10-13(2)27-30)25-22(32)20-16-8-5-9-29(16)28-21(26-20)15-7-4-6-14(11-24)19(15)23;1-11-8-15(28(25-11)10-16(29)30)23-20(31)18-14-6-3-7-27(14)26-19(24-18)13-5-2-4-12(9-22)17(13)21;1-19(2,3)28-18(27)21-10-11-6-4-7-12(14(11)20)16-22-15(17(25)26)13-8-5-9-24(13)23-16;1-3-13-8(12)5-11-7(9)4-6(2)10-11;;/h6-12H,4-5,13H2,1-3H3,(H,25,32);4-10H,3,11-12,24H2,1-2H3,(H,25,32);2-8H,9-10,22H2,1H3,(H,23,31)(H,29,30);4-9H,10H2,1-3H3,(H,21,27)(H,25,26);4H,3,5,9H2,1-2H3;;1H2/q;;;;;+1;/p-1. The maximum Gasteiger partial charge on any atom is 1.00 e. The van der Waals surface area contributed by atoms with Crippen LogP contribution in [-0.2, 0) is 90.4 Å². The summed E-state index contributed by atoms with van der Waals surface area (Å²) in [4.78, 5) is 126. The smallest absolute Gasteiger partial charge is 0.870 e. The van der Waals surface area contributed by atoms with Gasteiger partial charge >= 0.3 is 54.8 Å². The summed E-state index contributed by atoms with van der Waals surface area (Å²) in [5, 5.41) is 62.8. The SMILES string of the molecule is CC(C)(C)OC(=O)NCc1cccc(-c2nc(C(=O)O)c3cccn3n2)c1F.CCOC(=O)Cn1nc(C)cc1N.CCOC(=O)Cn1nc(C)cc1NC(=O)c1nc(-c2cccc(CC)c2F)nn2cccc12.CCOC(=O)Cn1nc(C)cc1NC(=O)c1nc(-c2cccc(CN)c2F)nn2cccc12.Cc1cc(NC(=O)c2nc(-c3cccc(CN)c3F)nn3cccc23)n(CC(=O)O)n1.[Li+].[OH-]. The maximum atomic E-state index is 15.0. The Hall–Kier alpha value is -16.8. The number of aromatic nitrogens is 20. The Bertz CT molecular complexity index is 7050. The van der Waals surface area contributed by atoms with E-state index in [4.69, 9.17) is 41.3 Å². The van der Waals surface area contributed by atoms with E-state index >= 15 is 0 Å². The summed E-state index contributed by atoms with van der Waals surface area (Å²) < 4.78 is 90.4. The fourth-order valence-electron chi connectivity index (χ4n) is 13.7. The monoisotopic (exact) mass is 1920 g/mol. The van der Waals surface area contributed by atoms with Gasteiger partial charge in [0.25, 0.3) is 17.7 Å². The zero-order valence-electron chi connectivity index (χ0n) is 77.8. The van der Waals surface area contributed by atoms with Crippen molar-refractivity contribution in [2.45, 2.75) is 134 Å². The number of nitrogens with zero attached hydrogens (tertiary/aromatic N) is 20. The van der Waals surface area contributed by atoms with Crippen LogP contribution < -0.4 is 57.3 Å². The number of carboxylic acids is 2. The summed E-state index contributed by atoms with van der Waals surface area (Å²) in [5.74, 6) is -6.16. The fourth-order valence-corrected chi connectivity index (χ4v) is 13.7. The Morgan fingerprint density at radius 3 is 1.01 bits per heavy atom. The van der Waals surface area contributed by atoms with Gasteiger partial charge in [-0.05, 0) is 154 Å². The molecule has 0 aliphatic carbocycles. The van der Waals surface area contributed by atoms with Crippen LogP contribution in [0.1, 0.15) is 135 Å². The van der Waals surface area contributed by atoms with Crippen molar-refractivity contribution in [2.75, 3.05) is 41.5 Å². The van der Waals surface area contributed by atoms with Crippen molar-refractivity contribution in [2.24, 2.45) is 11.5 Å². The third kappa shape index (κ3) is 25.9. The minimum atomic E-state index is -1.24. The predicted molar refractivity (Wildman–Crippen MR) is 494 cm³/mol. The number of nitrogens with one attached hydrogen (secondary N) is 4. The Morgan fingerprint density at radius 1 is 0.400 bits per heavy atom. The summed E-state index contributed by atoms with van der Waals surface area (Å²) in [5.41, 5.74) is 21.9. The number of halogens is 4. The summed E-state index contributed by atoms with van der Waals surface area (Å²) in [6.07, 6.45) is 6.31. The predicted octanol–water partition coefficient (Wildman–Crippen LogP) is 7.99. The molecule has 0 aliphatic rings. The van der Waals surface area contributed by atoms with E-state index in [9.17, 15) is 65.8 Å². The van der Waals surface area contributed by atoms with Crippen molar-refractivity contribution in [3.8, 4) is 45.6 Å². The van der Waals surface area contributed by atoms with Crippen LogP contribution in [0.4, 0.5) is 45.6 Å². The second kappa shape index (κ2) is 47.1. The molecule has 12 aromatic heterocycles. The Morgan fingerprint density at radius 2 is 0.700 bits per heavy atom. The molecule has 0 fully saturated rings. The third-order valence-corrected chi connectivity index (χ3v) is 19.7. The van der Waals surface area contributed by atoms with E-state index in [1.165, 1.54) is 56.4 Å². The molecule has 0 saturated carbocycles. The van der Waals surface area contributed by atoms with Crippen LogP contribution in [0.15, 0.2) is 170 Å². The number of nitrogens with two attached hydrogens (primary N) is 3. The van der Waals surface area contributed by atoms with Crippen molar-refractivity contribution in [3.05, 3.63) is 261 Å². The molecule has 4 aromatic carbocycles. The molecule has 0 atom stereocenters. The summed E-state index contributed by atoms with van der Waals surface area (Å²) in [6, 6.07) is 38.8. The van der Waals surface area contributed by atoms with E-state index in [1.54, 1.807) is 208 Å². The van der Waals surface area contributed by atoms with Crippen molar-refractivity contribution in [1.82, 2.24) is 103 Å². The van der Waals surface area contributed by atoms with Crippen LogP contribution in [0.25, 0.3) is 67.6 Å². The number of esters is 3. The van der Waals surface area contributed by atoms with E-state index in [-0.39, 0.29) is 162 Å². The van der Waals surface area contributed by atoms with Gasteiger partial charge in [-0.25, -0.2) is 83.9 Å².